The first kappa shape index (κ1) is 27.5. The highest BCUT2D eigenvalue weighted by atomic mass is 32.1. The number of hydrogen-bond acceptors (Lipinski definition) is 5. The molecule has 0 aliphatic carbocycles. The van der Waals surface area contributed by atoms with Crippen LogP contribution in [0.1, 0.15) is 39.8 Å². The second-order valence-corrected chi connectivity index (χ2v) is 9.93. The molecule has 0 atom stereocenters. The third-order valence-corrected chi connectivity index (χ3v) is 6.37. The first-order valence-electron chi connectivity index (χ1n) is 12.4. The molecule has 1 heterocycles. The molecule has 3 rings (SSSR count). The van der Waals surface area contributed by atoms with Gasteiger partial charge >= 0.3 is 0 Å². The molecule has 0 fully saturated rings. The van der Waals surface area contributed by atoms with E-state index in [-0.39, 0.29) is 0 Å². The zero-order chi connectivity index (χ0) is 25.6. The molecule has 0 unspecified atom stereocenters. The van der Waals surface area contributed by atoms with Crippen LogP contribution in [-0.4, -0.2) is 64.0 Å². The van der Waals surface area contributed by atoms with E-state index in [4.69, 9.17) is 9.47 Å². The van der Waals surface area contributed by atoms with Crippen LogP contribution in [0.3, 0.4) is 0 Å². The smallest absolute Gasteiger partial charge is 0.119 e. The van der Waals surface area contributed by atoms with Gasteiger partial charge in [0.2, 0.25) is 0 Å². The lowest BCUT2D eigenvalue weighted by atomic mass is 10.1. The van der Waals surface area contributed by atoms with Crippen LogP contribution < -0.4 is 4.74 Å². The molecule has 2 aromatic carbocycles. The summed E-state index contributed by atoms with van der Waals surface area (Å²) in [7, 11) is 6.13. The van der Waals surface area contributed by atoms with Crippen LogP contribution in [0.4, 0.5) is 0 Å². The van der Waals surface area contributed by atoms with Crippen molar-refractivity contribution in [3.63, 3.8) is 0 Å². The third-order valence-electron chi connectivity index (χ3n) is 5.45. The molecular formula is C31H36N2O2S. The van der Waals surface area contributed by atoms with Gasteiger partial charge in [-0.25, -0.2) is 0 Å². The molecule has 0 spiro atoms. The molecule has 0 saturated carbocycles. The van der Waals surface area contributed by atoms with Crippen LogP contribution in [-0.2, 0) is 11.2 Å². The molecule has 0 N–H and O–H groups in total. The monoisotopic (exact) mass is 500 g/mol. The minimum absolute atomic E-state index is 0.648. The Labute approximate surface area is 220 Å². The van der Waals surface area contributed by atoms with Gasteiger partial charge in [0.1, 0.15) is 5.75 Å². The Hall–Kier alpha value is -3.06. The molecule has 0 bridgehead atoms. The highest BCUT2D eigenvalue weighted by Crippen LogP contribution is 2.16. The fraction of sp³-hybridized carbons (Fsp3) is 0.355. The predicted octanol–water partition coefficient (Wildman–Crippen LogP) is 5.35. The molecule has 36 heavy (non-hydrogen) atoms. The number of benzene rings is 2. The van der Waals surface area contributed by atoms with Gasteiger partial charge in [0, 0.05) is 17.7 Å². The first-order valence-corrected chi connectivity index (χ1v) is 13.2. The van der Waals surface area contributed by atoms with Crippen molar-refractivity contribution in [1.82, 2.24) is 9.80 Å². The second kappa shape index (κ2) is 15.1. The molecule has 0 aliphatic rings. The molecular weight excluding hydrogens is 464 g/mol. The summed E-state index contributed by atoms with van der Waals surface area (Å²) in [4.78, 5) is 6.32. The van der Waals surface area contributed by atoms with Crippen LogP contribution in [0.25, 0.3) is 0 Å². The molecule has 5 heteroatoms. The highest BCUT2D eigenvalue weighted by molar-refractivity contribution is 7.13. The average Bonchev–Trinajstić information content (AvgIpc) is 3.35. The summed E-state index contributed by atoms with van der Waals surface area (Å²) in [5.41, 5.74) is 3.24. The molecule has 0 amide bonds. The molecule has 1 aromatic heterocycles. The molecule has 0 radical (unpaired) electrons. The van der Waals surface area contributed by atoms with Crippen molar-refractivity contribution < 1.29 is 9.47 Å². The van der Waals surface area contributed by atoms with Crippen molar-refractivity contribution in [2.24, 2.45) is 0 Å². The van der Waals surface area contributed by atoms with Gasteiger partial charge in [-0.05, 0) is 94.6 Å². The first-order chi connectivity index (χ1) is 17.5. The standard InChI is InChI=1S/C31H36N2O2S/c1-5-33(4)22-6-23-35-29-15-11-27(12-16-29)14-18-31-20-19-30(36-31)17-13-26-7-9-28(10-8-26)21-24-34-25-32(2)3/h7-12,15-16,19-20H,5-6,21-25H2,1-4H3. The van der Waals surface area contributed by atoms with Crippen LogP contribution >= 0.6 is 11.3 Å². The Kier molecular flexibility index (Phi) is 11.6. The number of hydrogen-bond donors (Lipinski definition) is 0. The molecule has 4 nitrogen and oxygen atoms in total. The van der Waals surface area contributed by atoms with E-state index in [9.17, 15) is 0 Å². The predicted molar refractivity (Wildman–Crippen MR) is 151 cm³/mol. The quantitative estimate of drug-likeness (QED) is 0.201. The van der Waals surface area contributed by atoms with Crippen molar-refractivity contribution in [2.45, 2.75) is 19.8 Å². The Morgan fingerprint density at radius 1 is 0.750 bits per heavy atom. The maximum absolute atomic E-state index is 5.83. The van der Waals surface area contributed by atoms with Gasteiger partial charge < -0.3 is 14.4 Å². The van der Waals surface area contributed by atoms with Gasteiger partial charge in [0.25, 0.3) is 0 Å². The summed E-state index contributed by atoms with van der Waals surface area (Å²) in [6.07, 6.45) is 1.93. The van der Waals surface area contributed by atoms with Crippen LogP contribution in [0.2, 0.25) is 0 Å². The van der Waals surface area contributed by atoms with E-state index >= 15 is 0 Å². The maximum atomic E-state index is 5.83. The third kappa shape index (κ3) is 10.3. The van der Waals surface area contributed by atoms with Crippen molar-refractivity contribution in [2.75, 3.05) is 54.2 Å². The summed E-state index contributed by atoms with van der Waals surface area (Å²) >= 11 is 1.61. The van der Waals surface area contributed by atoms with Crippen molar-refractivity contribution in [1.29, 1.82) is 0 Å². The topological polar surface area (TPSA) is 24.9 Å². The van der Waals surface area contributed by atoms with E-state index < -0.39 is 0 Å². The van der Waals surface area contributed by atoms with E-state index in [0.717, 1.165) is 65.8 Å². The fourth-order valence-corrected chi connectivity index (χ4v) is 3.96. The van der Waals surface area contributed by atoms with Crippen LogP contribution in [0.5, 0.6) is 5.75 Å². The van der Waals surface area contributed by atoms with E-state index in [2.05, 4.69) is 66.8 Å². The van der Waals surface area contributed by atoms with E-state index in [0.29, 0.717) is 6.73 Å². The Morgan fingerprint density at radius 2 is 1.36 bits per heavy atom. The van der Waals surface area contributed by atoms with Crippen molar-refractivity contribution >= 4 is 11.3 Å². The average molecular weight is 501 g/mol. The zero-order valence-corrected chi connectivity index (χ0v) is 22.7. The number of ether oxygens (including phenoxy) is 2. The van der Waals surface area contributed by atoms with E-state index in [1.165, 1.54) is 5.56 Å². The van der Waals surface area contributed by atoms with E-state index in [1.807, 2.05) is 55.4 Å². The molecule has 188 valence electrons. The van der Waals surface area contributed by atoms with Crippen LogP contribution in [0.15, 0.2) is 60.7 Å². The number of nitrogens with zero attached hydrogens (tertiary/aromatic N) is 2. The normalized spacial score (nSPS) is 10.6. The number of rotatable bonds is 11. The zero-order valence-electron chi connectivity index (χ0n) is 21.8. The molecule has 3 aromatic rings. The molecule has 0 aliphatic heterocycles. The van der Waals surface area contributed by atoms with Crippen LogP contribution in [0, 0.1) is 23.7 Å². The summed E-state index contributed by atoms with van der Waals surface area (Å²) in [5.74, 6) is 13.9. The Bertz CT molecular complexity index is 1180. The number of thiophene rings is 1. The van der Waals surface area contributed by atoms with Gasteiger partial charge in [-0.3, -0.25) is 4.90 Å². The minimum atomic E-state index is 0.648. The lowest BCUT2D eigenvalue weighted by Gasteiger charge is -2.13. The van der Waals surface area contributed by atoms with Gasteiger partial charge in [-0.15, -0.1) is 11.3 Å². The summed E-state index contributed by atoms with van der Waals surface area (Å²) in [5, 5.41) is 0. The SMILES string of the molecule is CCN(C)CCCOc1ccc(C#Cc2ccc(C#Cc3ccc(CCOCN(C)C)cc3)s2)cc1. The van der Waals surface area contributed by atoms with Gasteiger partial charge in [-0.2, -0.15) is 0 Å². The Balaban J connectivity index is 1.47. The summed E-state index contributed by atoms with van der Waals surface area (Å²) in [6, 6.07) is 20.4. The largest absolute Gasteiger partial charge is 0.494 e. The summed E-state index contributed by atoms with van der Waals surface area (Å²) in [6.45, 7) is 6.37. The maximum Gasteiger partial charge on any atom is 0.119 e. The lowest BCUT2D eigenvalue weighted by molar-refractivity contribution is 0.0582. The second-order valence-electron chi connectivity index (χ2n) is 8.85. The van der Waals surface area contributed by atoms with Crippen molar-refractivity contribution in [3.8, 4) is 29.4 Å². The summed E-state index contributed by atoms with van der Waals surface area (Å²) < 4.78 is 11.4. The lowest BCUT2D eigenvalue weighted by Crippen LogP contribution is -2.20. The van der Waals surface area contributed by atoms with E-state index in [1.54, 1.807) is 11.3 Å². The minimum Gasteiger partial charge on any atom is -0.494 e. The van der Waals surface area contributed by atoms with Gasteiger partial charge in [0.15, 0.2) is 0 Å². The highest BCUT2D eigenvalue weighted by Gasteiger charge is 1.99. The van der Waals surface area contributed by atoms with Gasteiger partial charge in [-0.1, -0.05) is 42.7 Å². The van der Waals surface area contributed by atoms with Crippen molar-refractivity contribution in [3.05, 3.63) is 87.1 Å². The van der Waals surface area contributed by atoms with Gasteiger partial charge in [0.05, 0.1) is 29.7 Å². The molecule has 0 saturated heterocycles. The fourth-order valence-electron chi connectivity index (χ4n) is 3.25. The Morgan fingerprint density at radius 3 is 1.94 bits per heavy atom.